The highest BCUT2D eigenvalue weighted by Crippen LogP contribution is 2.53. The number of rotatable bonds is 2. The molecule has 0 amide bonds. The van der Waals surface area contributed by atoms with Gasteiger partial charge in [-0.2, -0.15) is 0 Å². The smallest absolute Gasteiger partial charge is 0.111 e. The molecule has 4 atom stereocenters. The van der Waals surface area contributed by atoms with Gasteiger partial charge in [-0.3, -0.25) is 5.26 Å². The molecule has 0 aromatic rings. The summed E-state index contributed by atoms with van der Waals surface area (Å²) in [4.78, 5) is 4.54. The van der Waals surface area contributed by atoms with Gasteiger partial charge in [0.25, 0.3) is 0 Å². The average Bonchev–Trinajstić information content (AvgIpc) is 2.29. The molecule has 0 aliphatic heterocycles. The van der Waals surface area contributed by atoms with Crippen LogP contribution in [-0.2, 0) is 4.89 Å². The van der Waals surface area contributed by atoms with Gasteiger partial charge in [0.15, 0.2) is 0 Å². The molecule has 2 aliphatic rings. The van der Waals surface area contributed by atoms with E-state index in [2.05, 4.69) is 38.3 Å². The fourth-order valence-corrected chi connectivity index (χ4v) is 3.55. The molecule has 0 aromatic heterocycles. The Kier molecular flexibility index (Phi) is 3.46. The van der Waals surface area contributed by atoms with E-state index in [9.17, 15) is 0 Å². The molecule has 1 saturated carbocycles. The Morgan fingerprint density at radius 1 is 1.59 bits per heavy atom. The van der Waals surface area contributed by atoms with Gasteiger partial charge in [-0.1, -0.05) is 37.6 Å². The maximum absolute atomic E-state index is 8.86. The highest BCUT2D eigenvalue weighted by atomic mass is 17.1. The summed E-state index contributed by atoms with van der Waals surface area (Å²) < 4.78 is 0. The second kappa shape index (κ2) is 4.58. The van der Waals surface area contributed by atoms with Crippen molar-refractivity contribution in [3.8, 4) is 0 Å². The molecule has 0 bridgehead atoms. The first-order valence-corrected chi connectivity index (χ1v) is 6.64. The standard InChI is InChI=1S/C15H24O2/c1-10(2)12-5-6-13-8-14(17-16)7-11(3)15(13,4)9-12/h8,11-12,14,16H,1,5-7,9H2,2-4H3/t11-,12?,14?,15+/m1/s1. The van der Waals surface area contributed by atoms with E-state index in [0.717, 1.165) is 12.8 Å². The molecule has 17 heavy (non-hydrogen) atoms. The Hall–Kier alpha value is -0.600. The molecule has 0 saturated heterocycles. The van der Waals surface area contributed by atoms with E-state index >= 15 is 0 Å². The van der Waals surface area contributed by atoms with Crippen molar-refractivity contribution in [2.75, 3.05) is 0 Å². The highest BCUT2D eigenvalue weighted by Gasteiger charge is 2.43. The summed E-state index contributed by atoms with van der Waals surface area (Å²) in [6.07, 6.45) is 6.48. The SMILES string of the molecule is C=C(C)C1CCC2=CC(OO)C[C@@H](C)[C@]2(C)C1. The van der Waals surface area contributed by atoms with E-state index in [1.165, 1.54) is 24.0 Å². The number of allylic oxidation sites excluding steroid dienone is 2. The van der Waals surface area contributed by atoms with E-state index in [4.69, 9.17) is 5.26 Å². The summed E-state index contributed by atoms with van der Waals surface area (Å²) in [5.41, 5.74) is 3.07. The number of fused-ring (bicyclic) bond motifs is 1. The van der Waals surface area contributed by atoms with Gasteiger partial charge < -0.3 is 0 Å². The lowest BCUT2D eigenvalue weighted by molar-refractivity contribution is -0.272. The van der Waals surface area contributed by atoms with Crippen molar-refractivity contribution in [2.24, 2.45) is 17.3 Å². The average molecular weight is 236 g/mol. The van der Waals surface area contributed by atoms with E-state index in [-0.39, 0.29) is 11.5 Å². The molecule has 2 unspecified atom stereocenters. The van der Waals surface area contributed by atoms with Crippen LogP contribution >= 0.6 is 0 Å². The normalized spacial score (nSPS) is 41.6. The van der Waals surface area contributed by atoms with Gasteiger partial charge in [-0.05, 0) is 49.9 Å². The van der Waals surface area contributed by atoms with Crippen molar-refractivity contribution in [2.45, 2.75) is 52.6 Å². The topological polar surface area (TPSA) is 29.5 Å². The van der Waals surface area contributed by atoms with Crippen LogP contribution in [0.3, 0.4) is 0 Å². The van der Waals surface area contributed by atoms with Crippen LogP contribution in [0.5, 0.6) is 0 Å². The molecule has 0 heterocycles. The second-order valence-electron chi connectivity index (χ2n) is 6.18. The molecule has 1 N–H and O–H groups in total. The van der Waals surface area contributed by atoms with Gasteiger partial charge >= 0.3 is 0 Å². The lowest BCUT2D eigenvalue weighted by Crippen LogP contribution is -2.40. The third-order valence-corrected chi connectivity index (χ3v) is 5.06. The van der Waals surface area contributed by atoms with Crippen LogP contribution in [0, 0.1) is 17.3 Å². The summed E-state index contributed by atoms with van der Waals surface area (Å²) in [6, 6.07) is 0. The summed E-state index contributed by atoms with van der Waals surface area (Å²) in [5.74, 6) is 1.22. The maximum Gasteiger partial charge on any atom is 0.111 e. The van der Waals surface area contributed by atoms with Crippen LogP contribution in [-0.4, -0.2) is 11.4 Å². The van der Waals surface area contributed by atoms with Gasteiger partial charge in [0, 0.05) is 0 Å². The molecular formula is C15H24O2. The van der Waals surface area contributed by atoms with Gasteiger partial charge in [0.05, 0.1) is 0 Å². The maximum atomic E-state index is 8.86. The van der Waals surface area contributed by atoms with Gasteiger partial charge in [-0.15, -0.1) is 0 Å². The molecular weight excluding hydrogens is 212 g/mol. The molecule has 0 radical (unpaired) electrons. The van der Waals surface area contributed by atoms with Crippen LogP contribution in [0.1, 0.15) is 46.5 Å². The van der Waals surface area contributed by atoms with Crippen LogP contribution in [0.2, 0.25) is 0 Å². The van der Waals surface area contributed by atoms with E-state index < -0.39 is 0 Å². The Labute approximate surface area is 104 Å². The van der Waals surface area contributed by atoms with E-state index in [1.807, 2.05) is 0 Å². The first-order chi connectivity index (χ1) is 7.97. The van der Waals surface area contributed by atoms with Crippen LogP contribution in [0.25, 0.3) is 0 Å². The van der Waals surface area contributed by atoms with Crippen molar-refractivity contribution in [3.63, 3.8) is 0 Å². The molecule has 0 aromatic carbocycles. The van der Waals surface area contributed by atoms with Crippen molar-refractivity contribution in [1.29, 1.82) is 0 Å². The van der Waals surface area contributed by atoms with Gasteiger partial charge in [-0.25, -0.2) is 4.89 Å². The quantitative estimate of drug-likeness (QED) is 0.442. The fraction of sp³-hybridized carbons (Fsp3) is 0.733. The first-order valence-electron chi connectivity index (χ1n) is 6.64. The largest absolute Gasteiger partial charge is 0.251 e. The third kappa shape index (κ3) is 2.21. The van der Waals surface area contributed by atoms with Crippen molar-refractivity contribution in [1.82, 2.24) is 0 Å². The Balaban J connectivity index is 2.25. The van der Waals surface area contributed by atoms with Crippen LogP contribution < -0.4 is 0 Å². The molecule has 2 rings (SSSR count). The Morgan fingerprint density at radius 2 is 2.29 bits per heavy atom. The van der Waals surface area contributed by atoms with Crippen LogP contribution in [0.4, 0.5) is 0 Å². The zero-order chi connectivity index (χ0) is 12.6. The molecule has 0 spiro atoms. The summed E-state index contributed by atoms with van der Waals surface area (Å²) >= 11 is 0. The Bertz CT molecular complexity index is 345. The molecule has 96 valence electrons. The van der Waals surface area contributed by atoms with Gasteiger partial charge in [0.2, 0.25) is 0 Å². The number of hydrogen-bond donors (Lipinski definition) is 1. The number of hydrogen-bond acceptors (Lipinski definition) is 2. The summed E-state index contributed by atoms with van der Waals surface area (Å²) in [5, 5.41) is 8.86. The van der Waals surface area contributed by atoms with E-state index in [1.54, 1.807) is 0 Å². The first kappa shape index (κ1) is 12.8. The van der Waals surface area contributed by atoms with E-state index in [0.29, 0.717) is 11.8 Å². The lowest BCUT2D eigenvalue weighted by Gasteiger charge is -2.48. The predicted octanol–water partition coefficient (Wildman–Crippen LogP) is 4.19. The minimum absolute atomic E-state index is 0.102. The zero-order valence-electron chi connectivity index (χ0n) is 11.2. The molecule has 2 nitrogen and oxygen atoms in total. The molecule has 1 fully saturated rings. The third-order valence-electron chi connectivity index (χ3n) is 5.06. The van der Waals surface area contributed by atoms with Crippen molar-refractivity contribution >= 4 is 0 Å². The highest BCUT2D eigenvalue weighted by molar-refractivity contribution is 5.25. The van der Waals surface area contributed by atoms with Crippen molar-refractivity contribution < 1.29 is 10.1 Å². The van der Waals surface area contributed by atoms with Gasteiger partial charge in [0.1, 0.15) is 6.10 Å². The van der Waals surface area contributed by atoms with Crippen LogP contribution in [0.15, 0.2) is 23.8 Å². The molecule has 2 heteroatoms. The summed E-state index contributed by atoms with van der Waals surface area (Å²) in [7, 11) is 0. The lowest BCUT2D eigenvalue weighted by atomic mass is 9.57. The monoisotopic (exact) mass is 236 g/mol. The zero-order valence-corrected chi connectivity index (χ0v) is 11.2. The molecule has 2 aliphatic carbocycles. The predicted molar refractivity (Wildman–Crippen MR) is 69.6 cm³/mol. The van der Waals surface area contributed by atoms with Crippen molar-refractivity contribution in [3.05, 3.63) is 23.8 Å². The second-order valence-corrected chi connectivity index (χ2v) is 6.18. The Morgan fingerprint density at radius 3 is 2.88 bits per heavy atom. The summed E-state index contributed by atoms with van der Waals surface area (Å²) in [6.45, 7) is 10.9. The fourth-order valence-electron chi connectivity index (χ4n) is 3.55. The minimum atomic E-state index is -0.102. The minimum Gasteiger partial charge on any atom is -0.251 e.